The van der Waals surface area contributed by atoms with Crippen molar-refractivity contribution in [1.82, 2.24) is 9.78 Å². The molecule has 1 aliphatic heterocycles. The van der Waals surface area contributed by atoms with Crippen LogP contribution in [-0.2, 0) is 25.6 Å². The molecule has 2 aromatic carbocycles. The molecular formula is C24H21N3O4. The van der Waals surface area contributed by atoms with Gasteiger partial charge in [0.25, 0.3) is 0 Å². The number of rotatable bonds is 7. The molecule has 0 amide bonds. The lowest BCUT2D eigenvalue weighted by Crippen LogP contribution is -2.16. The van der Waals surface area contributed by atoms with Crippen LogP contribution >= 0.6 is 0 Å². The Hall–Kier alpha value is -4.13. The van der Waals surface area contributed by atoms with E-state index in [1.54, 1.807) is 36.0 Å². The van der Waals surface area contributed by atoms with E-state index in [2.05, 4.69) is 10.4 Å². The summed E-state index contributed by atoms with van der Waals surface area (Å²) in [7, 11) is 0. The average Bonchev–Trinajstić information content (AvgIpc) is 3.34. The first-order chi connectivity index (χ1) is 15.1. The zero-order chi connectivity index (χ0) is 21.6. The smallest absolute Gasteiger partial charge is 0.347 e. The van der Waals surface area contributed by atoms with E-state index in [1.165, 1.54) is 0 Å². The van der Waals surface area contributed by atoms with Gasteiger partial charge in [0.05, 0.1) is 19.3 Å². The minimum Gasteiger partial charge on any atom is -0.462 e. The Morgan fingerprint density at radius 1 is 1.13 bits per heavy atom. The van der Waals surface area contributed by atoms with E-state index in [-0.39, 0.29) is 23.8 Å². The Balaban J connectivity index is 1.56. The number of hydrogen-bond donors (Lipinski definition) is 1. The molecule has 1 N–H and O–H groups in total. The molecule has 4 rings (SSSR count). The van der Waals surface area contributed by atoms with Gasteiger partial charge in [-0.15, -0.1) is 0 Å². The predicted octanol–water partition coefficient (Wildman–Crippen LogP) is 3.76. The van der Waals surface area contributed by atoms with E-state index >= 15 is 0 Å². The van der Waals surface area contributed by atoms with E-state index in [0.29, 0.717) is 17.8 Å². The fraction of sp³-hybridized carbons (Fsp3) is 0.125. The Morgan fingerprint density at radius 3 is 2.55 bits per heavy atom. The topological polar surface area (TPSA) is 82.4 Å². The molecule has 3 aromatic rings. The van der Waals surface area contributed by atoms with Gasteiger partial charge in [0.1, 0.15) is 0 Å². The van der Waals surface area contributed by atoms with Crippen molar-refractivity contribution in [1.29, 1.82) is 0 Å². The highest BCUT2D eigenvalue weighted by atomic mass is 16.5. The maximum atomic E-state index is 12.9. The number of para-hydroxylation sites is 1. The molecule has 0 fully saturated rings. The summed E-state index contributed by atoms with van der Waals surface area (Å²) in [5.74, 6) is -1.18. The molecular weight excluding hydrogens is 394 g/mol. The Labute approximate surface area is 179 Å². The summed E-state index contributed by atoms with van der Waals surface area (Å²) >= 11 is 0. The van der Waals surface area contributed by atoms with Gasteiger partial charge in [-0.25, -0.2) is 4.79 Å². The summed E-state index contributed by atoms with van der Waals surface area (Å²) in [6.45, 7) is 2.44. The normalized spacial score (nSPS) is 14.6. The summed E-state index contributed by atoms with van der Waals surface area (Å²) in [5, 5.41) is 7.32. The van der Waals surface area contributed by atoms with Crippen LogP contribution in [0, 0.1) is 0 Å². The third-order valence-electron chi connectivity index (χ3n) is 4.54. The number of benzene rings is 2. The molecule has 0 atom stereocenters. The number of esters is 1. The minimum atomic E-state index is -0.728. The zero-order valence-electron chi connectivity index (χ0n) is 16.9. The molecule has 1 aromatic heterocycles. The summed E-state index contributed by atoms with van der Waals surface area (Å²) in [6, 6.07) is 19.1. The molecule has 0 radical (unpaired) electrons. The number of Topliss-reactive ketones (excluding diaryl/α,β-unsaturated/α-hetero) is 1. The van der Waals surface area contributed by atoms with E-state index in [9.17, 15) is 9.59 Å². The monoisotopic (exact) mass is 415 g/mol. The highest BCUT2D eigenvalue weighted by Gasteiger charge is 2.37. The molecule has 0 spiro atoms. The van der Waals surface area contributed by atoms with Gasteiger partial charge in [-0.1, -0.05) is 48.5 Å². The molecule has 7 heteroatoms. The number of ether oxygens (including phenoxy) is 2. The SMILES string of the molecule is CCOC(=O)C1=C(Nc2ccccc2)O/C(=C\c2cnn(Cc3ccccc3)c2)C1=O. The van der Waals surface area contributed by atoms with E-state index < -0.39 is 11.8 Å². The standard InChI is InChI=1S/C24H21N3O4/c1-2-30-24(29)21-22(28)20(31-23(21)26-19-11-7-4-8-12-19)13-18-14-25-27(16-18)15-17-9-5-3-6-10-17/h3-14,16,26H,2,15H2,1H3/b20-13-. The van der Waals surface area contributed by atoms with Crippen LogP contribution in [0.15, 0.2) is 90.3 Å². The number of nitrogens with zero attached hydrogens (tertiary/aromatic N) is 2. The van der Waals surface area contributed by atoms with Crippen molar-refractivity contribution in [2.24, 2.45) is 0 Å². The van der Waals surface area contributed by atoms with E-state index in [1.807, 2.05) is 54.7 Å². The second kappa shape index (κ2) is 9.13. The van der Waals surface area contributed by atoms with Gasteiger partial charge in [-0.3, -0.25) is 9.48 Å². The van der Waals surface area contributed by atoms with Gasteiger partial charge >= 0.3 is 5.97 Å². The quantitative estimate of drug-likeness (QED) is 0.359. The summed E-state index contributed by atoms with van der Waals surface area (Å²) in [6.07, 6.45) is 5.01. The molecule has 0 saturated heterocycles. The number of hydrogen-bond acceptors (Lipinski definition) is 6. The van der Waals surface area contributed by atoms with Gasteiger partial charge < -0.3 is 14.8 Å². The van der Waals surface area contributed by atoms with E-state index in [0.717, 1.165) is 5.56 Å². The lowest BCUT2D eigenvalue weighted by molar-refractivity contribution is -0.139. The predicted molar refractivity (Wildman–Crippen MR) is 116 cm³/mol. The number of nitrogens with one attached hydrogen (secondary N) is 1. The van der Waals surface area contributed by atoms with Crippen molar-refractivity contribution in [2.45, 2.75) is 13.5 Å². The van der Waals surface area contributed by atoms with Gasteiger partial charge in [-0.2, -0.15) is 5.10 Å². The minimum absolute atomic E-state index is 0.0285. The van der Waals surface area contributed by atoms with Crippen molar-refractivity contribution in [3.05, 3.63) is 101 Å². The molecule has 31 heavy (non-hydrogen) atoms. The Kier molecular flexibility index (Phi) is 5.93. The third-order valence-corrected chi connectivity index (χ3v) is 4.54. The van der Waals surface area contributed by atoms with Crippen molar-refractivity contribution >= 4 is 23.5 Å². The van der Waals surface area contributed by atoms with Crippen LogP contribution in [0.1, 0.15) is 18.1 Å². The lowest BCUT2D eigenvalue weighted by atomic mass is 10.1. The number of aromatic nitrogens is 2. The average molecular weight is 415 g/mol. The molecule has 0 bridgehead atoms. The molecule has 7 nitrogen and oxygen atoms in total. The summed E-state index contributed by atoms with van der Waals surface area (Å²) in [4.78, 5) is 25.3. The molecule has 2 heterocycles. The number of anilines is 1. The van der Waals surface area contributed by atoms with Crippen LogP contribution in [0.5, 0.6) is 0 Å². The highest BCUT2D eigenvalue weighted by Crippen LogP contribution is 2.28. The van der Waals surface area contributed by atoms with Gasteiger partial charge in [0.2, 0.25) is 11.7 Å². The number of carbonyl (C=O) groups excluding carboxylic acids is 2. The maximum Gasteiger partial charge on any atom is 0.347 e. The second-order valence-corrected chi connectivity index (χ2v) is 6.81. The first-order valence-electron chi connectivity index (χ1n) is 9.88. The van der Waals surface area contributed by atoms with Crippen molar-refractivity contribution in [3.63, 3.8) is 0 Å². The third kappa shape index (κ3) is 4.72. The summed E-state index contributed by atoms with van der Waals surface area (Å²) < 4.78 is 12.6. The molecule has 156 valence electrons. The highest BCUT2D eigenvalue weighted by molar-refractivity contribution is 6.26. The fourth-order valence-corrected chi connectivity index (χ4v) is 3.12. The molecule has 0 unspecified atom stereocenters. The Morgan fingerprint density at radius 2 is 1.84 bits per heavy atom. The number of carbonyl (C=O) groups is 2. The van der Waals surface area contributed by atoms with Gasteiger partial charge in [-0.05, 0) is 30.7 Å². The summed E-state index contributed by atoms with van der Waals surface area (Å²) in [5.41, 5.74) is 2.32. The zero-order valence-corrected chi connectivity index (χ0v) is 16.9. The van der Waals surface area contributed by atoms with Crippen LogP contribution in [-0.4, -0.2) is 28.1 Å². The maximum absolute atomic E-state index is 12.9. The molecule has 0 saturated carbocycles. The van der Waals surface area contributed by atoms with Crippen molar-refractivity contribution < 1.29 is 19.1 Å². The Bertz CT molecular complexity index is 1150. The van der Waals surface area contributed by atoms with Crippen molar-refractivity contribution in [2.75, 3.05) is 11.9 Å². The van der Waals surface area contributed by atoms with Crippen LogP contribution in [0.2, 0.25) is 0 Å². The van der Waals surface area contributed by atoms with E-state index in [4.69, 9.17) is 9.47 Å². The number of ketones is 1. The van der Waals surface area contributed by atoms with Crippen LogP contribution in [0.25, 0.3) is 6.08 Å². The van der Waals surface area contributed by atoms with Gasteiger partial charge in [0, 0.05) is 17.4 Å². The van der Waals surface area contributed by atoms with Crippen LogP contribution < -0.4 is 5.32 Å². The fourth-order valence-electron chi connectivity index (χ4n) is 3.12. The largest absolute Gasteiger partial charge is 0.462 e. The first-order valence-corrected chi connectivity index (χ1v) is 9.88. The van der Waals surface area contributed by atoms with Crippen LogP contribution in [0.4, 0.5) is 5.69 Å². The second-order valence-electron chi connectivity index (χ2n) is 6.81. The lowest BCUT2D eigenvalue weighted by Gasteiger charge is -2.08. The van der Waals surface area contributed by atoms with Crippen molar-refractivity contribution in [3.8, 4) is 0 Å². The molecule has 0 aliphatic carbocycles. The molecule has 1 aliphatic rings. The van der Waals surface area contributed by atoms with Gasteiger partial charge in [0.15, 0.2) is 11.3 Å². The number of allylic oxidation sites excluding steroid dienone is 1. The first kappa shape index (κ1) is 20.2. The van der Waals surface area contributed by atoms with Crippen LogP contribution in [0.3, 0.4) is 0 Å².